The Morgan fingerprint density at radius 2 is 1.18 bits per heavy atom. The molecule has 0 aromatic heterocycles. The number of rotatable bonds is 3. The normalized spacial score (nSPS) is 14.7. The number of hydrogen-bond donors (Lipinski definition) is 4. The molecule has 0 aliphatic heterocycles. The van der Waals surface area contributed by atoms with Gasteiger partial charge in [-0.05, 0) is 20.3 Å². The molecule has 0 heterocycles. The molecular weight excluding hydrogens is 148 g/mol. The summed E-state index contributed by atoms with van der Waals surface area (Å²) in [5, 5.41) is 32.6. The Balaban J connectivity index is 0. The second-order valence-electron chi connectivity index (χ2n) is 2.28. The topological polar surface area (TPSA) is 80.9 Å². The van der Waals surface area contributed by atoms with Crippen molar-refractivity contribution < 1.29 is 20.4 Å². The fourth-order valence-corrected chi connectivity index (χ4v) is 0.0707. The Kier molecular flexibility index (Phi) is 12.0. The van der Waals surface area contributed by atoms with Gasteiger partial charge in [0.25, 0.3) is 0 Å². The molecule has 0 saturated heterocycles. The zero-order valence-corrected chi connectivity index (χ0v) is 7.06. The largest absolute Gasteiger partial charge is 0.396 e. The third kappa shape index (κ3) is 17.7. The Morgan fingerprint density at radius 1 is 0.909 bits per heavy atom. The fourth-order valence-electron chi connectivity index (χ4n) is 0.0707. The van der Waals surface area contributed by atoms with Crippen LogP contribution in [0.5, 0.6) is 0 Å². The van der Waals surface area contributed by atoms with Crippen molar-refractivity contribution in [1.82, 2.24) is 0 Å². The molecule has 0 spiro atoms. The SMILES string of the molecule is CC(O)C(C)O.OCCCO. The number of hydrogen-bond acceptors (Lipinski definition) is 4. The first-order valence-corrected chi connectivity index (χ1v) is 3.64. The smallest absolute Gasteiger partial charge is 0.0768 e. The van der Waals surface area contributed by atoms with Gasteiger partial charge in [-0.3, -0.25) is 0 Å². The molecule has 0 aliphatic carbocycles. The average Bonchev–Trinajstić information content (AvgIpc) is 1.90. The molecule has 0 amide bonds. The van der Waals surface area contributed by atoms with E-state index in [0.717, 1.165) is 0 Å². The second-order valence-corrected chi connectivity index (χ2v) is 2.28. The van der Waals surface area contributed by atoms with Gasteiger partial charge < -0.3 is 20.4 Å². The first-order chi connectivity index (χ1) is 5.06. The highest BCUT2D eigenvalue weighted by atomic mass is 16.3. The molecule has 11 heavy (non-hydrogen) atoms. The second kappa shape index (κ2) is 9.84. The van der Waals surface area contributed by atoms with E-state index in [9.17, 15) is 0 Å². The van der Waals surface area contributed by atoms with Crippen molar-refractivity contribution in [3.8, 4) is 0 Å². The third-order valence-corrected chi connectivity index (χ3v) is 1.01. The molecule has 4 heteroatoms. The van der Waals surface area contributed by atoms with Crippen LogP contribution in [0.3, 0.4) is 0 Å². The summed E-state index contributed by atoms with van der Waals surface area (Å²) >= 11 is 0. The quantitative estimate of drug-likeness (QED) is 0.438. The first-order valence-electron chi connectivity index (χ1n) is 3.64. The summed E-state index contributed by atoms with van der Waals surface area (Å²) in [5.74, 6) is 0. The predicted octanol–water partition coefficient (Wildman–Crippen LogP) is -0.891. The van der Waals surface area contributed by atoms with Crippen LogP contribution >= 0.6 is 0 Å². The molecule has 0 bridgehead atoms. The van der Waals surface area contributed by atoms with Crippen LogP contribution in [0, 0.1) is 0 Å². The van der Waals surface area contributed by atoms with Gasteiger partial charge in [-0.15, -0.1) is 0 Å². The van der Waals surface area contributed by atoms with Crippen LogP contribution in [0.1, 0.15) is 20.3 Å². The minimum Gasteiger partial charge on any atom is -0.396 e. The Morgan fingerprint density at radius 3 is 1.18 bits per heavy atom. The molecule has 2 unspecified atom stereocenters. The summed E-state index contributed by atoms with van der Waals surface area (Å²) in [5.41, 5.74) is 0. The van der Waals surface area contributed by atoms with Crippen LogP contribution in [0.25, 0.3) is 0 Å². The number of aliphatic hydroxyl groups excluding tert-OH is 4. The van der Waals surface area contributed by atoms with Crippen molar-refractivity contribution in [1.29, 1.82) is 0 Å². The van der Waals surface area contributed by atoms with Gasteiger partial charge in [0.05, 0.1) is 12.2 Å². The molecule has 4 N–H and O–H groups in total. The van der Waals surface area contributed by atoms with Gasteiger partial charge in [0.2, 0.25) is 0 Å². The van der Waals surface area contributed by atoms with E-state index in [4.69, 9.17) is 20.4 Å². The van der Waals surface area contributed by atoms with E-state index in [1.54, 1.807) is 13.8 Å². The highest BCUT2D eigenvalue weighted by molar-refractivity contribution is 4.50. The molecule has 0 rings (SSSR count). The van der Waals surface area contributed by atoms with E-state index < -0.39 is 12.2 Å². The zero-order chi connectivity index (χ0) is 9.28. The molecular formula is C7H18O4. The standard InChI is InChI=1S/C4H10O2.C3H8O2/c1-3(5)4(2)6;4-2-1-3-5/h3-6H,1-2H3;4-5H,1-3H2. The lowest BCUT2D eigenvalue weighted by Crippen LogP contribution is -2.17. The number of aliphatic hydroxyl groups is 4. The maximum Gasteiger partial charge on any atom is 0.0768 e. The van der Waals surface area contributed by atoms with Crippen molar-refractivity contribution in [2.45, 2.75) is 32.5 Å². The minimum atomic E-state index is -0.593. The molecule has 2 atom stereocenters. The van der Waals surface area contributed by atoms with Gasteiger partial charge in [-0.1, -0.05) is 0 Å². The van der Waals surface area contributed by atoms with Crippen LogP contribution in [0.15, 0.2) is 0 Å². The predicted molar refractivity (Wildman–Crippen MR) is 42.2 cm³/mol. The van der Waals surface area contributed by atoms with Crippen molar-refractivity contribution in [3.63, 3.8) is 0 Å². The van der Waals surface area contributed by atoms with Crippen LogP contribution in [-0.2, 0) is 0 Å². The summed E-state index contributed by atoms with van der Waals surface area (Å²) in [6, 6.07) is 0. The highest BCUT2D eigenvalue weighted by Crippen LogP contribution is 1.85. The molecule has 70 valence electrons. The molecule has 0 aromatic carbocycles. The van der Waals surface area contributed by atoms with E-state index in [1.807, 2.05) is 0 Å². The fraction of sp³-hybridized carbons (Fsp3) is 1.00. The van der Waals surface area contributed by atoms with Crippen molar-refractivity contribution in [2.75, 3.05) is 13.2 Å². The maximum absolute atomic E-state index is 8.38. The third-order valence-electron chi connectivity index (χ3n) is 1.01. The highest BCUT2D eigenvalue weighted by Gasteiger charge is 1.99. The summed E-state index contributed by atoms with van der Waals surface area (Å²) < 4.78 is 0. The Bertz CT molecular complexity index is 55.5. The van der Waals surface area contributed by atoms with Crippen LogP contribution < -0.4 is 0 Å². The van der Waals surface area contributed by atoms with Gasteiger partial charge in [0, 0.05) is 13.2 Å². The molecule has 0 radical (unpaired) electrons. The zero-order valence-electron chi connectivity index (χ0n) is 7.06. The first kappa shape index (κ1) is 13.4. The molecule has 0 aromatic rings. The van der Waals surface area contributed by atoms with E-state index >= 15 is 0 Å². The lowest BCUT2D eigenvalue weighted by molar-refractivity contribution is 0.0438. The molecule has 0 aliphatic rings. The van der Waals surface area contributed by atoms with Crippen LogP contribution in [0.2, 0.25) is 0 Å². The van der Waals surface area contributed by atoms with Crippen molar-refractivity contribution >= 4 is 0 Å². The van der Waals surface area contributed by atoms with Crippen molar-refractivity contribution in [2.24, 2.45) is 0 Å². The van der Waals surface area contributed by atoms with E-state index in [2.05, 4.69) is 0 Å². The lowest BCUT2D eigenvalue weighted by Gasteiger charge is -2.03. The monoisotopic (exact) mass is 166 g/mol. The summed E-state index contributed by atoms with van der Waals surface area (Å²) in [6.45, 7) is 3.28. The lowest BCUT2D eigenvalue weighted by atomic mass is 10.3. The van der Waals surface area contributed by atoms with Gasteiger partial charge in [-0.2, -0.15) is 0 Å². The van der Waals surface area contributed by atoms with Crippen molar-refractivity contribution in [3.05, 3.63) is 0 Å². The van der Waals surface area contributed by atoms with Gasteiger partial charge in [0.15, 0.2) is 0 Å². The van der Waals surface area contributed by atoms with E-state index in [0.29, 0.717) is 6.42 Å². The van der Waals surface area contributed by atoms with Gasteiger partial charge in [-0.25, -0.2) is 0 Å². The average molecular weight is 166 g/mol. The Labute approximate surface area is 67.1 Å². The Hall–Kier alpha value is -0.160. The van der Waals surface area contributed by atoms with Crippen LogP contribution in [0.4, 0.5) is 0 Å². The maximum atomic E-state index is 8.38. The summed E-state index contributed by atoms with van der Waals surface area (Å²) in [4.78, 5) is 0. The summed E-state index contributed by atoms with van der Waals surface area (Å²) in [6.07, 6.45) is -0.685. The molecule has 0 fully saturated rings. The van der Waals surface area contributed by atoms with Crippen LogP contribution in [-0.4, -0.2) is 45.8 Å². The molecule has 0 saturated carbocycles. The molecule has 4 nitrogen and oxygen atoms in total. The van der Waals surface area contributed by atoms with E-state index in [1.165, 1.54) is 0 Å². The van der Waals surface area contributed by atoms with Gasteiger partial charge >= 0.3 is 0 Å². The summed E-state index contributed by atoms with van der Waals surface area (Å²) in [7, 11) is 0. The van der Waals surface area contributed by atoms with E-state index in [-0.39, 0.29) is 13.2 Å². The minimum absolute atomic E-state index is 0.0938. The van der Waals surface area contributed by atoms with Gasteiger partial charge in [0.1, 0.15) is 0 Å².